The Morgan fingerprint density at radius 3 is 2.44 bits per heavy atom. The van der Waals surface area contributed by atoms with Gasteiger partial charge in [-0.1, -0.05) is 56.3 Å². The summed E-state index contributed by atoms with van der Waals surface area (Å²) in [5.74, 6) is -2.27. The van der Waals surface area contributed by atoms with Crippen LogP contribution in [0.2, 0.25) is 0 Å². The van der Waals surface area contributed by atoms with Crippen molar-refractivity contribution in [2.75, 3.05) is 0 Å². The molecule has 36 heavy (non-hydrogen) atoms. The SMILES string of the molecule is CC(C)C(NC(=O)c1ccccc1F)C(=O)N/N=C/c1ccc(OCc2ccccc2)c([N+](=O)[O-])c1. The van der Waals surface area contributed by atoms with Crippen LogP contribution in [0.4, 0.5) is 10.1 Å². The summed E-state index contributed by atoms with van der Waals surface area (Å²) in [5, 5.41) is 17.9. The van der Waals surface area contributed by atoms with Crippen molar-refractivity contribution < 1.29 is 23.6 Å². The van der Waals surface area contributed by atoms with Crippen LogP contribution in [0, 0.1) is 21.8 Å². The van der Waals surface area contributed by atoms with E-state index in [0.29, 0.717) is 5.56 Å². The molecule has 3 rings (SSSR count). The van der Waals surface area contributed by atoms with E-state index in [-0.39, 0.29) is 29.5 Å². The number of nitro groups is 1. The van der Waals surface area contributed by atoms with Crippen molar-refractivity contribution in [1.82, 2.24) is 10.7 Å². The summed E-state index contributed by atoms with van der Waals surface area (Å²) in [4.78, 5) is 36.0. The number of benzene rings is 3. The van der Waals surface area contributed by atoms with E-state index in [0.717, 1.165) is 11.6 Å². The van der Waals surface area contributed by atoms with Gasteiger partial charge >= 0.3 is 5.69 Å². The highest BCUT2D eigenvalue weighted by molar-refractivity contribution is 5.98. The number of nitro benzene ring substituents is 1. The lowest BCUT2D eigenvalue weighted by Gasteiger charge is -2.20. The van der Waals surface area contributed by atoms with Crippen molar-refractivity contribution in [3.05, 3.63) is 105 Å². The Labute approximate surface area is 207 Å². The Morgan fingerprint density at radius 2 is 1.78 bits per heavy atom. The predicted molar refractivity (Wildman–Crippen MR) is 132 cm³/mol. The maximum atomic E-state index is 13.9. The molecule has 10 heteroatoms. The molecule has 0 saturated carbocycles. The Hall–Kier alpha value is -4.60. The van der Waals surface area contributed by atoms with Gasteiger partial charge in [0.15, 0.2) is 5.75 Å². The molecule has 1 atom stereocenters. The van der Waals surface area contributed by atoms with Gasteiger partial charge in [0, 0.05) is 11.6 Å². The second-order valence-corrected chi connectivity index (χ2v) is 8.17. The lowest BCUT2D eigenvalue weighted by Crippen LogP contribution is -2.48. The van der Waals surface area contributed by atoms with Gasteiger partial charge in [0.2, 0.25) is 0 Å². The second kappa shape index (κ2) is 12.2. The third-order valence-corrected chi connectivity index (χ3v) is 5.16. The van der Waals surface area contributed by atoms with Crippen molar-refractivity contribution in [2.45, 2.75) is 26.5 Å². The molecule has 0 aliphatic carbocycles. The fourth-order valence-corrected chi connectivity index (χ4v) is 3.25. The van der Waals surface area contributed by atoms with E-state index in [9.17, 15) is 24.1 Å². The summed E-state index contributed by atoms with van der Waals surface area (Å²) in [5.41, 5.74) is 3.10. The van der Waals surface area contributed by atoms with Crippen molar-refractivity contribution in [1.29, 1.82) is 0 Å². The molecular formula is C26H25FN4O5. The Balaban J connectivity index is 1.65. The monoisotopic (exact) mass is 492 g/mol. The molecule has 0 aromatic heterocycles. The van der Waals surface area contributed by atoms with Crippen LogP contribution in [0.25, 0.3) is 0 Å². The first-order valence-corrected chi connectivity index (χ1v) is 11.1. The number of nitrogens with one attached hydrogen (secondary N) is 2. The van der Waals surface area contributed by atoms with E-state index in [1.54, 1.807) is 19.9 Å². The van der Waals surface area contributed by atoms with Crippen LogP contribution >= 0.6 is 0 Å². The summed E-state index contributed by atoms with van der Waals surface area (Å²) >= 11 is 0. The number of carbonyl (C=O) groups is 2. The molecule has 9 nitrogen and oxygen atoms in total. The van der Waals surface area contributed by atoms with E-state index in [1.165, 1.54) is 36.5 Å². The van der Waals surface area contributed by atoms with E-state index in [2.05, 4.69) is 15.8 Å². The summed E-state index contributed by atoms with van der Waals surface area (Å²) in [6.45, 7) is 3.60. The Morgan fingerprint density at radius 1 is 1.08 bits per heavy atom. The molecule has 3 aromatic carbocycles. The van der Waals surface area contributed by atoms with E-state index in [1.807, 2.05) is 30.3 Å². The number of halogens is 1. The highest BCUT2D eigenvalue weighted by atomic mass is 19.1. The van der Waals surface area contributed by atoms with Gasteiger partial charge in [-0.2, -0.15) is 5.10 Å². The van der Waals surface area contributed by atoms with Gasteiger partial charge in [-0.05, 0) is 35.7 Å². The highest BCUT2D eigenvalue weighted by Gasteiger charge is 2.25. The third-order valence-electron chi connectivity index (χ3n) is 5.16. The molecule has 0 radical (unpaired) electrons. The molecular weight excluding hydrogens is 467 g/mol. The van der Waals surface area contributed by atoms with Crippen LogP contribution in [0.3, 0.4) is 0 Å². The predicted octanol–water partition coefficient (Wildman–Crippen LogP) is 4.22. The van der Waals surface area contributed by atoms with Gasteiger partial charge in [-0.15, -0.1) is 0 Å². The molecule has 0 bridgehead atoms. The molecule has 186 valence electrons. The largest absolute Gasteiger partial charge is 0.482 e. The zero-order valence-electron chi connectivity index (χ0n) is 19.7. The smallest absolute Gasteiger partial charge is 0.311 e. The number of hydrogen-bond donors (Lipinski definition) is 2. The molecule has 2 amide bonds. The average molecular weight is 493 g/mol. The van der Waals surface area contributed by atoms with E-state index >= 15 is 0 Å². The quantitative estimate of drug-likeness (QED) is 0.249. The fourth-order valence-electron chi connectivity index (χ4n) is 3.25. The first-order chi connectivity index (χ1) is 17.3. The summed E-state index contributed by atoms with van der Waals surface area (Å²) in [6.07, 6.45) is 1.24. The van der Waals surface area contributed by atoms with Crippen LogP contribution in [0.15, 0.2) is 77.9 Å². The van der Waals surface area contributed by atoms with Gasteiger partial charge in [-0.25, -0.2) is 9.82 Å². The van der Waals surface area contributed by atoms with Gasteiger partial charge < -0.3 is 10.1 Å². The van der Waals surface area contributed by atoms with Gasteiger partial charge in [0.25, 0.3) is 11.8 Å². The first-order valence-electron chi connectivity index (χ1n) is 11.1. The van der Waals surface area contributed by atoms with Gasteiger partial charge in [0.1, 0.15) is 18.5 Å². The number of amides is 2. The second-order valence-electron chi connectivity index (χ2n) is 8.17. The zero-order chi connectivity index (χ0) is 26.1. The zero-order valence-corrected chi connectivity index (χ0v) is 19.7. The summed E-state index contributed by atoms with van der Waals surface area (Å²) in [7, 11) is 0. The molecule has 0 aliphatic heterocycles. The summed E-state index contributed by atoms with van der Waals surface area (Å²) < 4.78 is 19.5. The molecule has 0 fully saturated rings. The van der Waals surface area contributed by atoms with Crippen molar-refractivity contribution in [3.8, 4) is 5.75 Å². The van der Waals surface area contributed by atoms with Crippen LogP contribution in [-0.2, 0) is 11.4 Å². The lowest BCUT2D eigenvalue weighted by atomic mass is 10.0. The van der Waals surface area contributed by atoms with Crippen LogP contribution < -0.4 is 15.5 Å². The number of hydrazone groups is 1. The highest BCUT2D eigenvalue weighted by Crippen LogP contribution is 2.28. The Bertz CT molecular complexity index is 1260. The minimum Gasteiger partial charge on any atom is -0.482 e. The number of hydrogen-bond acceptors (Lipinski definition) is 6. The van der Waals surface area contributed by atoms with Crippen molar-refractivity contribution in [3.63, 3.8) is 0 Å². The maximum Gasteiger partial charge on any atom is 0.311 e. The van der Waals surface area contributed by atoms with Crippen LogP contribution in [0.1, 0.15) is 35.3 Å². The third kappa shape index (κ3) is 6.95. The fraction of sp³-hybridized carbons (Fsp3) is 0.192. The maximum absolute atomic E-state index is 13.9. The molecule has 2 N–H and O–H groups in total. The van der Waals surface area contributed by atoms with Gasteiger partial charge in [0.05, 0.1) is 16.7 Å². The average Bonchev–Trinajstić information content (AvgIpc) is 2.86. The van der Waals surface area contributed by atoms with E-state index in [4.69, 9.17) is 4.74 Å². The summed E-state index contributed by atoms with van der Waals surface area (Å²) in [6, 6.07) is 18.0. The first kappa shape index (κ1) is 26.0. The lowest BCUT2D eigenvalue weighted by molar-refractivity contribution is -0.385. The van der Waals surface area contributed by atoms with Crippen molar-refractivity contribution in [2.24, 2.45) is 11.0 Å². The van der Waals surface area contributed by atoms with Crippen LogP contribution in [0.5, 0.6) is 5.75 Å². The minimum atomic E-state index is -0.989. The number of nitrogens with zero attached hydrogens (tertiary/aromatic N) is 2. The molecule has 0 heterocycles. The minimum absolute atomic E-state index is 0.0979. The molecule has 1 unspecified atom stereocenters. The van der Waals surface area contributed by atoms with E-state index < -0.39 is 28.6 Å². The molecule has 3 aromatic rings. The van der Waals surface area contributed by atoms with Crippen molar-refractivity contribution >= 4 is 23.7 Å². The number of rotatable bonds is 10. The number of ether oxygens (including phenoxy) is 1. The molecule has 0 aliphatic rings. The Kier molecular flexibility index (Phi) is 8.82. The molecule has 0 spiro atoms. The molecule has 0 saturated heterocycles. The standard InChI is InChI=1S/C26H25FN4O5/c1-17(2)24(29-25(32)20-10-6-7-11-21(20)27)26(33)30-28-15-19-12-13-23(22(14-19)31(34)35)36-16-18-8-4-3-5-9-18/h3-15,17,24H,16H2,1-2H3,(H,29,32)(H,30,33)/b28-15+. The van der Waals surface area contributed by atoms with Gasteiger partial charge in [-0.3, -0.25) is 19.7 Å². The normalized spacial score (nSPS) is 11.8. The van der Waals surface area contributed by atoms with Crippen LogP contribution in [-0.4, -0.2) is 29.0 Å². The topological polar surface area (TPSA) is 123 Å². The number of carbonyl (C=O) groups excluding carboxylic acids is 2.